The average molecular weight is 330 g/mol. The number of Topliss-reactive ketones (excluding diaryl/α,β-unsaturated/α-hetero) is 1. The van der Waals surface area contributed by atoms with Crippen molar-refractivity contribution >= 4 is 11.8 Å². The minimum Gasteiger partial charge on any atom is -0.497 e. The van der Waals surface area contributed by atoms with Crippen LogP contribution in [0.1, 0.15) is 38.8 Å². The molecule has 0 aliphatic rings. The Balaban J connectivity index is 2.13. The van der Waals surface area contributed by atoms with Crippen molar-refractivity contribution in [2.24, 2.45) is 0 Å². The van der Waals surface area contributed by atoms with Gasteiger partial charge in [0.2, 0.25) is 5.78 Å². The molecule has 0 spiro atoms. The first-order valence-electron chi connectivity index (χ1n) is 7.49. The number of halogens is 1. The molecule has 0 amide bonds. The third kappa shape index (κ3) is 3.79. The zero-order chi connectivity index (χ0) is 17.9. The van der Waals surface area contributed by atoms with Gasteiger partial charge in [-0.1, -0.05) is 12.1 Å². The summed E-state index contributed by atoms with van der Waals surface area (Å²) in [5, 5.41) is 0. The highest BCUT2D eigenvalue weighted by Crippen LogP contribution is 2.18. The van der Waals surface area contributed by atoms with Crippen LogP contribution < -0.4 is 4.74 Å². The van der Waals surface area contributed by atoms with E-state index in [-0.39, 0.29) is 11.3 Å². The fourth-order valence-corrected chi connectivity index (χ4v) is 2.20. The molecule has 126 valence electrons. The fraction of sp³-hybridized carbons (Fsp3) is 0.263. The van der Waals surface area contributed by atoms with Crippen molar-refractivity contribution in [2.45, 2.75) is 26.9 Å². The van der Waals surface area contributed by atoms with Crippen LogP contribution in [-0.2, 0) is 4.74 Å². The minimum absolute atomic E-state index is 0.240. The van der Waals surface area contributed by atoms with Crippen LogP contribution in [0.4, 0.5) is 4.39 Å². The number of ether oxygens (including phenoxy) is 2. The summed E-state index contributed by atoms with van der Waals surface area (Å²) in [6.45, 7) is 5.31. The van der Waals surface area contributed by atoms with E-state index < -0.39 is 17.9 Å². The number of methoxy groups -OCH3 is 1. The number of ketones is 1. The van der Waals surface area contributed by atoms with E-state index in [4.69, 9.17) is 9.47 Å². The number of benzene rings is 2. The molecule has 0 aliphatic carbocycles. The lowest BCUT2D eigenvalue weighted by Crippen LogP contribution is -2.25. The van der Waals surface area contributed by atoms with Crippen molar-refractivity contribution in [3.8, 4) is 5.75 Å². The predicted molar refractivity (Wildman–Crippen MR) is 88.1 cm³/mol. The van der Waals surface area contributed by atoms with Gasteiger partial charge in [-0.15, -0.1) is 0 Å². The molecule has 0 aliphatic heterocycles. The first kappa shape index (κ1) is 17.7. The summed E-state index contributed by atoms with van der Waals surface area (Å²) < 4.78 is 23.9. The predicted octanol–water partition coefficient (Wildman–Crippen LogP) is 3.88. The molecule has 0 N–H and O–H groups in total. The van der Waals surface area contributed by atoms with E-state index in [9.17, 15) is 14.0 Å². The van der Waals surface area contributed by atoms with Crippen LogP contribution in [0.2, 0.25) is 0 Å². The lowest BCUT2D eigenvalue weighted by molar-refractivity contribution is 0.0314. The monoisotopic (exact) mass is 330 g/mol. The maximum Gasteiger partial charge on any atom is 0.341 e. The van der Waals surface area contributed by atoms with Gasteiger partial charge in [-0.25, -0.2) is 9.18 Å². The average Bonchev–Trinajstić information content (AvgIpc) is 2.56. The highest BCUT2D eigenvalue weighted by atomic mass is 19.1. The van der Waals surface area contributed by atoms with E-state index >= 15 is 0 Å². The lowest BCUT2D eigenvalue weighted by atomic mass is 10.0. The molecule has 0 bridgehead atoms. The Morgan fingerprint density at radius 1 is 1.04 bits per heavy atom. The van der Waals surface area contributed by atoms with Crippen LogP contribution in [0.3, 0.4) is 0 Å². The van der Waals surface area contributed by atoms with E-state index in [0.717, 1.165) is 17.2 Å². The first-order chi connectivity index (χ1) is 11.3. The number of hydrogen-bond acceptors (Lipinski definition) is 4. The van der Waals surface area contributed by atoms with Crippen molar-refractivity contribution in [3.63, 3.8) is 0 Å². The van der Waals surface area contributed by atoms with Gasteiger partial charge < -0.3 is 9.47 Å². The standard InChI is InChI=1S/C19H19FO4/c1-11-5-6-14(9-12(11)2)18(21)13(3)24-19(22)16-8-7-15(23-4)10-17(16)20/h5-10,13H,1-4H3/t13-/m1/s1. The van der Waals surface area contributed by atoms with Gasteiger partial charge in [-0.2, -0.15) is 0 Å². The summed E-state index contributed by atoms with van der Waals surface area (Å²) in [6.07, 6.45) is -1.01. The van der Waals surface area contributed by atoms with Crippen molar-refractivity contribution in [3.05, 3.63) is 64.5 Å². The summed E-state index contributed by atoms with van der Waals surface area (Å²) in [7, 11) is 1.40. The van der Waals surface area contributed by atoms with Gasteiger partial charge in [0.25, 0.3) is 0 Å². The molecule has 0 aromatic heterocycles. The summed E-state index contributed by atoms with van der Waals surface area (Å²) in [4.78, 5) is 24.4. The molecule has 0 unspecified atom stereocenters. The van der Waals surface area contributed by atoms with Crippen molar-refractivity contribution < 1.29 is 23.5 Å². The van der Waals surface area contributed by atoms with Gasteiger partial charge in [-0.3, -0.25) is 4.79 Å². The number of carbonyl (C=O) groups is 2. The number of esters is 1. The quantitative estimate of drug-likeness (QED) is 0.617. The molecule has 24 heavy (non-hydrogen) atoms. The van der Waals surface area contributed by atoms with Crippen molar-refractivity contribution in [2.75, 3.05) is 7.11 Å². The summed E-state index contributed by atoms with van der Waals surface area (Å²) in [5.74, 6) is -1.69. The highest BCUT2D eigenvalue weighted by molar-refractivity contribution is 6.01. The third-order valence-electron chi connectivity index (χ3n) is 3.84. The molecule has 4 nitrogen and oxygen atoms in total. The van der Waals surface area contributed by atoms with E-state index in [1.54, 1.807) is 12.1 Å². The van der Waals surface area contributed by atoms with Gasteiger partial charge in [0.15, 0.2) is 6.10 Å². The van der Waals surface area contributed by atoms with Crippen molar-refractivity contribution in [1.29, 1.82) is 0 Å². The number of hydrogen-bond donors (Lipinski definition) is 0. The zero-order valence-corrected chi connectivity index (χ0v) is 14.1. The van der Waals surface area contributed by atoms with Crippen LogP contribution in [0.25, 0.3) is 0 Å². The Hall–Kier alpha value is -2.69. The molecule has 0 saturated carbocycles. The van der Waals surface area contributed by atoms with Gasteiger partial charge in [0.05, 0.1) is 12.7 Å². The maximum atomic E-state index is 13.9. The van der Waals surface area contributed by atoms with Gasteiger partial charge >= 0.3 is 5.97 Å². The van der Waals surface area contributed by atoms with Crippen LogP contribution in [0, 0.1) is 19.7 Å². The number of carbonyl (C=O) groups excluding carboxylic acids is 2. The number of aryl methyl sites for hydroxylation is 2. The highest BCUT2D eigenvalue weighted by Gasteiger charge is 2.22. The molecule has 5 heteroatoms. The van der Waals surface area contributed by atoms with Gasteiger partial charge in [-0.05, 0) is 50.1 Å². The Labute approximate surface area is 140 Å². The summed E-state index contributed by atoms with van der Waals surface area (Å²) in [6, 6.07) is 9.07. The first-order valence-corrected chi connectivity index (χ1v) is 7.49. The largest absolute Gasteiger partial charge is 0.497 e. The molecule has 1 atom stereocenters. The Kier molecular flexibility index (Phi) is 5.34. The van der Waals surface area contributed by atoms with E-state index in [2.05, 4.69) is 0 Å². The van der Waals surface area contributed by atoms with Crippen LogP contribution in [0.5, 0.6) is 5.75 Å². The smallest absolute Gasteiger partial charge is 0.341 e. The van der Waals surface area contributed by atoms with Crippen LogP contribution in [0.15, 0.2) is 36.4 Å². The Bertz CT molecular complexity index is 783. The molecule has 0 radical (unpaired) electrons. The normalized spacial score (nSPS) is 11.7. The number of rotatable bonds is 5. The van der Waals surface area contributed by atoms with Gasteiger partial charge in [0, 0.05) is 11.6 Å². The van der Waals surface area contributed by atoms with Gasteiger partial charge in [0.1, 0.15) is 11.6 Å². The molecular formula is C19H19FO4. The van der Waals surface area contributed by atoms with E-state index in [0.29, 0.717) is 11.3 Å². The van der Waals surface area contributed by atoms with Crippen LogP contribution in [-0.4, -0.2) is 25.0 Å². The van der Waals surface area contributed by atoms with E-state index in [1.165, 1.54) is 26.2 Å². The van der Waals surface area contributed by atoms with E-state index in [1.807, 2.05) is 19.9 Å². The molecule has 2 aromatic carbocycles. The topological polar surface area (TPSA) is 52.6 Å². The summed E-state index contributed by atoms with van der Waals surface area (Å²) in [5.41, 5.74) is 2.25. The zero-order valence-electron chi connectivity index (χ0n) is 14.1. The lowest BCUT2D eigenvalue weighted by Gasteiger charge is -2.14. The maximum absolute atomic E-state index is 13.9. The molecule has 2 rings (SSSR count). The second-order valence-electron chi connectivity index (χ2n) is 5.56. The molecule has 0 saturated heterocycles. The minimum atomic E-state index is -1.01. The molecular weight excluding hydrogens is 311 g/mol. The fourth-order valence-electron chi connectivity index (χ4n) is 2.20. The SMILES string of the molecule is COc1ccc(C(=O)O[C@H](C)C(=O)c2ccc(C)c(C)c2)c(F)c1. The van der Waals surface area contributed by atoms with Crippen LogP contribution >= 0.6 is 0 Å². The second-order valence-corrected chi connectivity index (χ2v) is 5.56. The molecule has 0 fully saturated rings. The Morgan fingerprint density at radius 2 is 1.75 bits per heavy atom. The third-order valence-corrected chi connectivity index (χ3v) is 3.84. The van der Waals surface area contributed by atoms with Crippen molar-refractivity contribution in [1.82, 2.24) is 0 Å². The summed E-state index contributed by atoms with van der Waals surface area (Å²) >= 11 is 0. The molecule has 0 heterocycles. The molecule has 2 aromatic rings. The second kappa shape index (κ2) is 7.25. The Morgan fingerprint density at radius 3 is 2.33 bits per heavy atom.